The maximum absolute atomic E-state index is 14.1. The Morgan fingerprint density at radius 3 is 2.56 bits per heavy atom. The predicted molar refractivity (Wildman–Crippen MR) is 149 cm³/mol. The van der Waals surface area contributed by atoms with Crippen LogP contribution < -0.4 is 20.3 Å². The number of benzene rings is 3. The maximum atomic E-state index is 14.1. The van der Waals surface area contributed by atoms with Crippen LogP contribution in [0.1, 0.15) is 42.1 Å². The van der Waals surface area contributed by atoms with Gasteiger partial charge < -0.3 is 19.3 Å². The minimum absolute atomic E-state index is 0.0788. The van der Waals surface area contributed by atoms with E-state index in [2.05, 4.69) is 10.9 Å². The van der Waals surface area contributed by atoms with Gasteiger partial charge in [-0.15, -0.1) is 0 Å². The average molecular weight is 530 g/mol. The van der Waals surface area contributed by atoms with E-state index in [0.717, 1.165) is 23.2 Å². The van der Waals surface area contributed by atoms with Crippen molar-refractivity contribution >= 4 is 11.8 Å². The van der Waals surface area contributed by atoms with E-state index in [1.807, 2.05) is 78.9 Å². The van der Waals surface area contributed by atoms with Crippen molar-refractivity contribution in [2.24, 2.45) is 10.9 Å². The van der Waals surface area contributed by atoms with E-state index in [4.69, 9.17) is 24.3 Å². The molecule has 0 spiro atoms. The summed E-state index contributed by atoms with van der Waals surface area (Å²) in [5, 5.41) is 9.01. The topological polar surface area (TPSA) is 101 Å². The molecule has 2 aliphatic rings. The van der Waals surface area contributed by atoms with Crippen LogP contribution in [0.5, 0.6) is 11.5 Å². The molecule has 3 aromatic rings. The molecule has 1 saturated carbocycles. The van der Waals surface area contributed by atoms with Crippen molar-refractivity contribution in [3.63, 3.8) is 0 Å². The van der Waals surface area contributed by atoms with Crippen LogP contribution in [0.3, 0.4) is 0 Å². The van der Waals surface area contributed by atoms with Crippen molar-refractivity contribution in [2.45, 2.75) is 37.3 Å². The zero-order valence-electron chi connectivity index (χ0n) is 22.1. The van der Waals surface area contributed by atoms with E-state index in [9.17, 15) is 4.79 Å². The SMILES string of the molecule is COc1cccc([C@@H]2OC(c3ccc(OCCCO)cc3)=N[C@]2(Cc2ccccc2)C(=O)NNCC2CC2)c1. The summed E-state index contributed by atoms with van der Waals surface area (Å²) in [6.07, 6.45) is 2.57. The molecular weight excluding hydrogens is 494 g/mol. The lowest BCUT2D eigenvalue weighted by Gasteiger charge is -2.31. The highest BCUT2D eigenvalue weighted by atomic mass is 16.5. The highest BCUT2D eigenvalue weighted by molar-refractivity contribution is 6.01. The lowest BCUT2D eigenvalue weighted by molar-refractivity contribution is -0.130. The summed E-state index contributed by atoms with van der Waals surface area (Å²) in [6.45, 7) is 1.24. The number of rotatable bonds is 13. The number of hydrazine groups is 1. The summed E-state index contributed by atoms with van der Waals surface area (Å²) in [4.78, 5) is 19.1. The number of carbonyl (C=O) groups is 1. The Hall–Kier alpha value is -3.88. The molecule has 1 fully saturated rings. The summed E-state index contributed by atoms with van der Waals surface area (Å²) < 4.78 is 17.7. The normalized spacial score (nSPS) is 20.2. The summed E-state index contributed by atoms with van der Waals surface area (Å²) in [5.41, 5.74) is 7.33. The number of aliphatic imine (C=N–C) groups is 1. The first-order chi connectivity index (χ1) is 19.1. The van der Waals surface area contributed by atoms with Crippen LogP contribution in [0.25, 0.3) is 0 Å². The van der Waals surface area contributed by atoms with Crippen molar-refractivity contribution < 1.29 is 24.1 Å². The molecule has 0 radical (unpaired) electrons. The molecule has 3 N–H and O–H groups in total. The number of amides is 1. The van der Waals surface area contributed by atoms with Gasteiger partial charge in [0.2, 0.25) is 5.90 Å². The fraction of sp³-hybridized carbons (Fsp3) is 0.355. The van der Waals surface area contributed by atoms with Crippen molar-refractivity contribution in [2.75, 3.05) is 26.9 Å². The Labute approximate surface area is 229 Å². The Morgan fingerprint density at radius 2 is 1.85 bits per heavy atom. The van der Waals surface area contributed by atoms with E-state index in [-0.39, 0.29) is 12.5 Å². The molecular formula is C31H35N3O5. The second kappa shape index (κ2) is 12.3. The average Bonchev–Trinajstić information content (AvgIpc) is 3.72. The molecule has 204 valence electrons. The molecule has 1 aliphatic carbocycles. The van der Waals surface area contributed by atoms with Gasteiger partial charge in [-0.1, -0.05) is 42.5 Å². The van der Waals surface area contributed by atoms with Crippen LogP contribution in [0.2, 0.25) is 0 Å². The predicted octanol–water partition coefficient (Wildman–Crippen LogP) is 3.99. The Kier molecular flexibility index (Phi) is 8.44. The van der Waals surface area contributed by atoms with Crippen LogP contribution in [0.15, 0.2) is 83.9 Å². The van der Waals surface area contributed by atoms with E-state index < -0.39 is 11.6 Å². The van der Waals surface area contributed by atoms with Gasteiger partial charge in [-0.05, 0) is 66.3 Å². The smallest absolute Gasteiger partial charge is 0.266 e. The van der Waals surface area contributed by atoms with Crippen LogP contribution in [0, 0.1) is 5.92 Å². The molecule has 8 heteroatoms. The first kappa shape index (κ1) is 26.7. The van der Waals surface area contributed by atoms with Crippen molar-refractivity contribution in [3.05, 3.63) is 95.6 Å². The number of nitrogens with zero attached hydrogens (tertiary/aromatic N) is 1. The minimum atomic E-state index is -1.27. The molecule has 0 saturated heterocycles. The third kappa shape index (κ3) is 6.41. The molecule has 1 aliphatic heterocycles. The van der Waals surface area contributed by atoms with Gasteiger partial charge in [0.15, 0.2) is 11.6 Å². The van der Waals surface area contributed by atoms with Crippen molar-refractivity contribution in [3.8, 4) is 11.5 Å². The lowest BCUT2D eigenvalue weighted by Crippen LogP contribution is -2.54. The van der Waals surface area contributed by atoms with Gasteiger partial charge in [0, 0.05) is 31.6 Å². The first-order valence-corrected chi connectivity index (χ1v) is 13.4. The van der Waals surface area contributed by atoms with Gasteiger partial charge in [0.1, 0.15) is 11.5 Å². The Bertz CT molecular complexity index is 1280. The van der Waals surface area contributed by atoms with Gasteiger partial charge in [0.05, 0.1) is 13.7 Å². The highest BCUT2D eigenvalue weighted by Crippen LogP contribution is 2.43. The van der Waals surface area contributed by atoms with E-state index in [0.29, 0.717) is 42.8 Å². The maximum Gasteiger partial charge on any atom is 0.266 e. The standard InChI is InChI=1S/C31H35N3O5/c1-37-27-10-5-9-25(19-27)28-31(20-22-7-3-2-4-8-22,30(36)34-32-21-23-11-12-23)33-29(39-28)24-13-15-26(16-14-24)38-18-6-17-35/h2-5,7-10,13-16,19,23,28,32,35H,6,11-12,17-18,20-21H2,1H3,(H,34,36)/t28-,31-/m0/s1. The van der Waals surface area contributed by atoms with Crippen molar-refractivity contribution in [1.29, 1.82) is 0 Å². The number of hydrogen-bond donors (Lipinski definition) is 3. The zero-order valence-corrected chi connectivity index (χ0v) is 22.1. The second-order valence-corrected chi connectivity index (χ2v) is 10.0. The molecule has 1 amide bonds. The van der Waals surface area contributed by atoms with E-state index in [1.165, 1.54) is 12.8 Å². The zero-order chi connectivity index (χ0) is 27.1. The largest absolute Gasteiger partial charge is 0.497 e. The number of ether oxygens (including phenoxy) is 3. The fourth-order valence-corrected chi connectivity index (χ4v) is 4.70. The summed E-state index contributed by atoms with van der Waals surface area (Å²) in [7, 11) is 1.62. The van der Waals surface area contributed by atoms with Crippen molar-refractivity contribution in [1.82, 2.24) is 10.9 Å². The molecule has 0 unspecified atom stereocenters. The number of nitrogens with one attached hydrogen (secondary N) is 2. The summed E-state index contributed by atoms with van der Waals surface area (Å²) in [6, 6.07) is 24.9. The molecule has 2 atom stereocenters. The third-order valence-electron chi connectivity index (χ3n) is 7.03. The number of aliphatic hydroxyl groups excluding tert-OH is 1. The number of carbonyl (C=O) groups excluding carboxylic acids is 1. The molecule has 0 bridgehead atoms. The van der Waals surface area contributed by atoms with Crippen LogP contribution in [0.4, 0.5) is 0 Å². The highest BCUT2D eigenvalue weighted by Gasteiger charge is 2.53. The lowest BCUT2D eigenvalue weighted by atomic mass is 9.82. The number of hydrogen-bond acceptors (Lipinski definition) is 7. The second-order valence-electron chi connectivity index (χ2n) is 10.0. The van der Waals surface area contributed by atoms with Gasteiger partial charge in [-0.25, -0.2) is 10.4 Å². The number of aliphatic hydroxyl groups is 1. The first-order valence-electron chi connectivity index (χ1n) is 13.4. The van der Waals surface area contributed by atoms with Gasteiger partial charge >= 0.3 is 0 Å². The van der Waals surface area contributed by atoms with Gasteiger partial charge in [-0.2, -0.15) is 0 Å². The quantitative estimate of drug-likeness (QED) is 0.229. The Morgan fingerprint density at radius 1 is 1.05 bits per heavy atom. The van der Waals surface area contributed by atoms with Gasteiger partial charge in [-0.3, -0.25) is 10.2 Å². The number of methoxy groups -OCH3 is 1. The molecule has 3 aromatic carbocycles. The van der Waals surface area contributed by atoms with Crippen LogP contribution in [-0.4, -0.2) is 49.3 Å². The Balaban J connectivity index is 1.52. The van der Waals surface area contributed by atoms with Gasteiger partial charge in [0.25, 0.3) is 5.91 Å². The molecule has 8 nitrogen and oxygen atoms in total. The molecule has 0 aromatic heterocycles. The summed E-state index contributed by atoms with van der Waals surface area (Å²) >= 11 is 0. The van der Waals surface area contributed by atoms with E-state index in [1.54, 1.807) is 7.11 Å². The van der Waals surface area contributed by atoms with E-state index >= 15 is 0 Å². The third-order valence-corrected chi connectivity index (χ3v) is 7.03. The minimum Gasteiger partial charge on any atom is -0.497 e. The molecule has 1 heterocycles. The van der Waals surface area contributed by atoms with Crippen LogP contribution >= 0.6 is 0 Å². The molecule has 39 heavy (non-hydrogen) atoms. The summed E-state index contributed by atoms with van der Waals surface area (Å²) in [5.74, 6) is 2.10. The van der Waals surface area contributed by atoms with Crippen LogP contribution in [-0.2, 0) is 16.0 Å². The molecule has 5 rings (SSSR count). The fourth-order valence-electron chi connectivity index (χ4n) is 4.70. The monoisotopic (exact) mass is 529 g/mol.